The van der Waals surface area contributed by atoms with E-state index in [4.69, 9.17) is 4.74 Å². The number of ether oxygens (including phenoxy) is 1. The van der Waals surface area contributed by atoms with Crippen molar-refractivity contribution < 1.29 is 4.74 Å². The van der Waals surface area contributed by atoms with Gasteiger partial charge in [0.2, 0.25) is 0 Å². The van der Waals surface area contributed by atoms with Gasteiger partial charge in [-0.25, -0.2) is 0 Å². The Morgan fingerprint density at radius 2 is 1.94 bits per heavy atom. The molecule has 1 aromatic carbocycles. The minimum atomic E-state index is 0.423. The zero-order valence-corrected chi connectivity index (χ0v) is 11.1. The maximum atomic E-state index is 5.18. The SMILES string of the molecule is CCC(NC(C)c1ccc(OC)cc1)C1CC1. The second-order valence-electron chi connectivity index (χ2n) is 5.01. The second-order valence-corrected chi connectivity index (χ2v) is 5.01. The number of hydrogen-bond acceptors (Lipinski definition) is 2. The Bertz CT molecular complexity index is 342. The molecular weight excluding hydrogens is 210 g/mol. The molecule has 2 rings (SSSR count). The summed E-state index contributed by atoms with van der Waals surface area (Å²) >= 11 is 0. The van der Waals surface area contributed by atoms with Gasteiger partial charge in [0.15, 0.2) is 0 Å². The van der Waals surface area contributed by atoms with Crippen molar-refractivity contribution in [3.63, 3.8) is 0 Å². The van der Waals surface area contributed by atoms with Crippen LogP contribution >= 0.6 is 0 Å². The predicted molar refractivity (Wildman–Crippen MR) is 71.3 cm³/mol. The van der Waals surface area contributed by atoms with E-state index in [0.29, 0.717) is 12.1 Å². The minimum absolute atomic E-state index is 0.423. The van der Waals surface area contributed by atoms with Gasteiger partial charge in [0, 0.05) is 12.1 Å². The van der Waals surface area contributed by atoms with E-state index in [0.717, 1.165) is 11.7 Å². The monoisotopic (exact) mass is 233 g/mol. The molecule has 0 spiro atoms. The number of nitrogens with one attached hydrogen (secondary N) is 1. The Morgan fingerprint density at radius 3 is 2.41 bits per heavy atom. The van der Waals surface area contributed by atoms with Gasteiger partial charge in [-0.3, -0.25) is 0 Å². The van der Waals surface area contributed by atoms with Crippen LogP contribution in [-0.4, -0.2) is 13.2 Å². The van der Waals surface area contributed by atoms with Crippen LogP contribution in [0, 0.1) is 5.92 Å². The molecule has 1 aliphatic rings. The Morgan fingerprint density at radius 1 is 1.29 bits per heavy atom. The molecule has 1 fully saturated rings. The molecule has 1 saturated carbocycles. The van der Waals surface area contributed by atoms with E-state index >= 15 is 0 Å². The number of rotatable bonds is 6. The Hall–Kier alpha value is -1.02. The maximum absolute atomic E-state index is 5.18. The van der Waals surface area contributed by atoms with E-state index in [1.165, 1.54) is 24.8 Å². The van der Waals surface area contributed by atoms with Crippen LogP contribution in [0.1, 0.15) is 44.7 Å². The smallest absolute Gasteiger partial charge is 0.118 e. The average molecular weight is 233 g/mol. The Kier molecular flexibility index (Phi) is 4.06. The molecule has 17 heavy (non-hydrogen) atoms. The molecule has 1 aliphatic carbocycles. The summed E-state index contributed by atoms with van der Waals surface area (Å²) in [4.78, 5) is 0. The number of methoxy groups -OCH3 is 1. The highest BCUT2D eigenvalue weighted by molar-refractivity contribution is 5.28. The van der Waals surface area contributed by atoms with Gasteiger partial charge in [0.25, 0.3) is 0 Å². The van der Waals surface area contributed by atoms with Crippen molar-refractivity contribution >= 4 is 0 Å². The lowest BCUT2D eigenvalue weighted by Gasteiger charge is -2.22. The number of benzene rings is 1. The van der Waals surface area contributed by atoms with Crippen molar-refractivity contribution in [2.24, 2.45) is 5.92 Å². The van der Waals surface area contributed by atoms with Crippen LogP contribution in [0.5, 0.6) is 5.75 Å². The standard InChI is InChI=1S/C15H23NO/c1-4-15(13-5-6-13)16-11(2)12-7-9-14(17-3)10-8-12/h7-11,13,15-16H,4-6H2,1-3H3. The second kappa shape index (κ2) is 5.54. The molecule has 0 aromatic heterocycles. The molecule has 94 valence electrons. The molecule has 1 N–H and O–H groups in total. The van der Waals surface area contributed by atoms with Crippen molar-refractivity contribution in [1.82, 2.24) is 5.32 Å². The minimum Gasteiger partial charge on any atom is -0.497 e. The summed E-state index contributed by atoms with van der Waals surface area (Å²) in [5, 5.41) is 3.74. The lowest BCUT2D eigenvalue weighted by atomic mass is 10.0. The summed E-state index contributed by atoms with van der Waals surface area (Å²) in [5.74, 6) is 1.84. The van der Waals surface area contributed by atoms with Crippen LogP contribution in [0.2, 0.25) is 0 Å². The highest BCUT2D eigenvalue weighted by Crippen LogP contribution is 2.35. The van der Waals surface area contributed by atoms with Gasteiger partial charge in [-0.15, -0.1) is 0 Å². The maximum Gasteiger partial charge on any atom is 0.118 e. The van der Waals surface area contributed by atoms with E-state index in [9.17, 15) is 0 Å². The van der Waals surface area contributed by atoms with Crippen molar-refractivity contribution in [2.45, 2.75) is 45.2 Å². The van der Waals surface area contributed by atoms with Crippen LogP contribution < -0.4 is 10.1 Å². The van der Waals surface area contributed by atoms with Crippen molar-refractivity contribution in [1.29, 1.82) is 0 Å². The van der Waals surface area contributed by atoms with Crippen LogP contribution in [-0.2, 0) is 0 Å². The summed E-state index contributed by atoms with van der Waals surface area (Å²) in [6, 6.07) is 9.47. The summed E-state index contributed by atoms with van der Waals surface area (Å²) in [6.45, 7) is 4.52. The fourth-order valence-electron chi connectivity index (χ4n) is 2.40. The molecule has 0 bridgehead atoms. The molecular formula is C15H23NO. The van der Waals surface area contributed by atoms with E-state index in [-0.39, 0.29) is 0 Å². The third-order valence-electron chi connectivity index (χ3n) is 3.71. The van der Waals surface area contributed by atoms with Gasteiger partial charge in [0.1, 0.15) is 5.75 Å². The first kappa shape index (κ1) is 12.4. The van der Waals surface area contributed by atoms with Gasteiger partial charge >= 0.3 is 0 Å². The highest BCUT2D eigenvalue weighted by atomic mass is 16.5. The molecule has 2 heteroatoms. The van der Waals surface area contributed by atoms with Gasteiger partial charge in [-0.2, -0.15) is 0 Å². The topological polar surface area (TPSA) is 21.3 Å². The van der Waals surface area contributed by atoms with Crippen molar-refractivity contribution in [2.75, 3.05) is 7.11 Å². The summed E-state index contributed by atoms with van der Waals surface area (Å²) in [6.07, 6.45) is 4.03. The average Bonchev–Trinajstić information content (AvgIpc) is 3.20. The summed E-state index contributed by atoms with van der Waals surface area (Å²) in [5.41, 5.74) is 1.34. The molecule has 2 nitrogen and oxygen atoms in total. The molecule has 0 heterocycles. The van der Waals surface area contributed by atoms with Crippen LogP contribution in [0.4, 0.5) is 0 Å². The molecule has 0 amide bonds. The predicted octanol–water partition coefficient (Wildman–Crippen LogP) is 3.53. The normalized spacial score (nSPS) is 18.8. The molecule has 1 aromatic rings. The first-order valence-corrected chi connectivity index (χ1v) is 6.64. The highest BCUT2D eigenvalue weighted by Gasteiger charge is 2.30. The van der Waals surface area contributed by atoms with Gasteiger partial charge in [-0.1, -0.05) is 19.1 Å². The van der Waals surface area contributed by atoms with Crippen LogP contribution in [0.15, 0.2) is 24.3 Å². The molecule has 2 unspecified atom stereocenters. The van der Waals surface area contributed by atoms with Gasteiger partial charge in [-0.05, 0) is 49.8 Å². The van der Waals surface area contributed by atoms with Gasteiger partial charge in [0.05, 0.1) is 7.11 Å². The fraction of sp³-hybridized carbons (Fsp3) is 0.600. The van der Waals surface area contributed by atoms with Crippen molar-refractivity contribution in [3.05, 3.63) is 29.8 Å². The van der Waals surface area contributed by atoms with E-state index in [1.54, 1.807) is 7.11 Å². The molecule has 0 aliphatic heterocycles. The lowest BCUT2D eigenvalue weighted by Crippen LogP contribution is -2.32. The Balaban J connectivity index is 1.95. The van der Waals surface area contributed by atoms with E-state index in [2.05, 4.69) is 31.3 Å². The fourth-order valence-corrected chi connectivity index (χ4v) is 2.40. The van der Waals surface area contributed by atoms with Crippen LogP contribution in [0.3, 0.4) is 0 Å². The van der Waals surface area contributed by atoms with Gasteiger partial charge < -0.3 is 10.1 Å². The first-order chi connectivity index (χ1) is 8.24. The molecule has 0 radical (unpaired) electrons. The van der Waals surface area contributed by atoms with Crippen molar-refractivity contribution in [3.8, 4) is 5.75 Å². The lowest BCUT2D eigenvalue weighted by molar-refractivity contribution is 0.402. The third kappa shape index (κ3) is 3.22. The Labute approximate surface area is 104 Å². The summed E-state index contributed by atoms with van der Waals surface area (Å²) < 4.78 is 5.18. The van der Waals surface area contributed by atoms with E-state index in [1.807, 2.05) is 12.1 Å². The molecule has 2 atom stereocenters. The zero-order chi connectivity index (χ0) is 12.3. The quantitative estimate of drug-likeness (QED) is 0.811. The van der Waals surface area contributed by atoms with Crippen LogP contribution in [0.25, 0.3) is 0 Å². The van der Waals surface area contributed by atoms with E-state index < -0.39 is 0 Å². The molecule has 0 saturated heterocycles. The zero-order valence-electron chi connectivity index (χ0n) is 11.1. The third-order valence-corrected chi connectivity index (χ3v) is 3.71. The number of hydrogen-bond donors (Lipinski definition) is 1. The summed E-state index contributed by atoms with van der Waals surface area (Å²) in [7, 11) is 1.71. The first-order valence-electron chi connectivity index (χ1n) is 6.64. The largest absolute Gasteiger partial charge is 0.497 e.